The minimum absolute atomic E-state index is 0.144. The van der Waals surface area contributed by atoms with E-state index in [0.29, 0.717) is 16.1 Å². The number of benzene rings is 2. The average molecular weight is 358 g/mol. The highest BCUT2D eigenvalue weighted by atomic mass is 35.5. The van der Waals surface area contributed by atoms with E-state index in [4.69, 9.17) is 16.3 Å². The Balaban J connectivity index is 1.97. The highest BCUT2D eigenvalue weighted by Gasteiger charge is 2.43. The van der Waals surface area contributed by atoms with Gasteiger partial charge in [-0.1, -0.05) is 35.9 Å². The molecule has 1 aliphatic rings. The van der Waals surface area contributed by atoms with Crippen LogP contribution in [0.4, 0.5) is 0 Å². The van der Waals surface area contributed by atoms with E-state index in [1.807, 2.05) is 0 Å². The van der Waals surface area contributed by atoms with Gasteiger partial charge in [-0.2, -0.15) is 0 Å². The molecule has 1 atom stereocenters. The smallest absolute Gasteiger partial charge is 0.329 e. The van der Waals surface area contributed by atoms with Crippen LogP contribution in [-0.2, 0) is 16.0 Å². The van der Waals surface area contributed by atoms with Gasteiger partial charge in [0.2, 0.25) is 0 Å². The number of imide groups is 1. The normalized spacial score (nSPS) is 14.4. The van der Waals surface area contributed by atoms with Gasteiger partial charge in [0.25, 0.3) is 11.8 Å². The van der Waals surface area contributed by atoms with Crippen molar-refractivity contribution in [2.75, 3.05) is 6.61 Å². The topological polar surface area (TPSA) is 63.7 Å². The molecule has 0 N–H and O–H groups in total. The number of amides is 2. The predicted octanol–water partition coefficient (Wildman–Crippen LogP) is 3.11. The number of halogens is 1. The molecule has 0 bridgehead atoms. The van der Waals surface area contributed by atoms with E-state index in [0.717, 1.165) is 10.5 Å². The summed E-state index contributed by atoms with van der Waals surface area (Å²) in [5.41, 5.74) is 1.34. The van der Waals surface area contributed by atoms with Crippen LogP contribution >= 0.6 is 11.6 Å². The molecule has 2 aromatic rings. The van der Waals surface area contributed by atoms with E-state index in [1.165, 1.54) is 0 Å². The lowest BCUT2D eigenvalue weighted by Crippen LogP contribution is -2.47. The van der Waals surface area contributed by atoms with Crippen molar-refractivity contribution in [2.24, 2.45) is 0 Å². The van der Waals surface area contributed by atoms with Crippen molar-refractivity contribution >= 4 is 29.4 Å². The van der Waals surface area contributed by atoms with Crippen molar-refractivity contribution in [1.82, 2.24) is 4.90 Å². The van der Waals surface area contributed by atoms with Crippen molar-refractivity contribution in [3.8, 4) is 0 Å². The van der Waals surface area contributed by atoms with Crippen molar-refractivity contribution in [2.45, 2.75) is 19.4 Å². The van der Waals surface area contributed by atoms with Gasteiger partial charge < -0.3 is 4.74 Å². The van der Waals surface area contributed by atoms with Gasteiger partial charge in [-0.3, -0.25) is 14.5 Å². The standard InChI is InChI=1S/C19H16ClNO4/c1-2-25-19(24)16(11-12-6-5-7-13(20)10-12)21-17(22)14-8-3-4-9-15(14)18(21)23/h3-10,16H,2,11H2,1H3. The van der Waals surface area contributed by atoms with Crippen molar-refractivity contribution in [3.63, 3.8) is 0 Å². The van der Waals surface area contributed by atoms with Crippen LogP contribution in [0.1, 0.15) is 33.2 Å². The quantitative estimate of drug-likeness (QED) is 0.609. The Bertz CT molecular complexity index is 814. The number of rotatable bonds is 5. The zero-order valence-electron chi connectivity index (χ0n) is 13.6. The first-order chi connectivity index (χ1) is 12.0. The number of carbonyl (C=O) groups is 3. The minimum Gasteiger partial charge on any atom is -0.464 e. The maximum Gasteiger partial charge on any atom is 0.329 e. The Labute approximate surface area is 150 Å². The maximum absolute atomic E-state index is 12.7. The fourth-order valence-corrected chi connectivity index (χ4v) is 3.11. The summed E-state index contributed by atoms with van der Waals surface area (Å²) in [5, 5.41) is 0.516. The second-order valence-corrected chi connectivity index (χ2v) is 6.06. The third-order valence-electron chi connectivity index (χ3n) is 4.01. The lowest BCUT2D eigenvalue weighted by Gasteiger charge is -2.24. The number of esters is 1. The maximum atomic E-state index is 12.7. The van der Waals surface area contributed by atoms with E-state index < -0.39 is 23.8 Å². The van der Waals surface area contributed by atoms with Crippen LogP contribution in [0.25, 0.3) is 0 Å². The molecule has 1 aliphatic heterocycles. The van der Waals surface area contributed by atoms with E-state index in [-0.39, 0.29) is 13.0 Å². The number of hydrogen-bond acceptors (Lipinski definition) is 4. The Morgan fingerprint density at radius 3 is 2.28 bits per heavy atom. The summed E-state index contributed by atoms with van der Waals surface area (Å²) in [6.07, 6.45) is 0.144. The Kier molecular flexibility index (Phi) is 4.86. The second-order valence-electron chi connectivity index (χ2n) is 5.63. The highest BCUT2D eigenvalue weighted by Crippen LogP contribution is 2.27. The lowest BCUT2D eigenvalue weighted by atomic mass is 10.0. The largest absolute Gasteiger partial charge is 0.464 e. The zero-order chi connectivity index (χ0) is 18.0. The summed E-state index contributed by atoms with van der Waals surface area (Å²) in [5.74, 6) is -1.58. The van der Waals surface area contributed by atoms with Crippen LogP contribution in [0.5, 0.6) is 0 Å². The number of nitrogens with zero attached hydrogens (tertiary/aromatic N) is 1. The number of ether oxygens (including phenoxy) is 1. The first kappa shape index (κ1) is 17.2. The van der Waals surface area contributed by atoms with Gasteiger partial charge in [0.15, 0.2) is 0 Å². The van der Waals surface area contributed by atoms with Gasteiger partial charge in [0, 0.05) is 11.4 Å². The summed E-state index contributed by atoms with van der Waals surface area (Å²) in [4.78, 5) is 38.8. The van der Waals surface area contributed by atoms with Gasteiger partial charge in [0.1, 0.15) is 6.04 Å². The first-order valence-corrected chi connectivity index (χ1v) is 8.28. The Morgan fingerprint density at radius 1 is 1.08 bits per heavy atom. The molecule has 3 rings (SSSR count). The SMILES string of the molecule is CCOC(=O)C(Cc1cccc(Cl)c1)N1C(=O)c2ccccc2C1=O. The third kappa shape index (κ3) is 3.28. The molecule has 0 fully saturated rings. The Hall–Kier alpha value is -2.66. The molecule has 128 valence electrons. The monoisotopic (exact) mass is 357 g/mol. The van der Waals surface area contributed by atoms with E-state index in [1.54, 1.807) is 55.5 Å². The van der Waals surface area contributed by atoms with E-state index in [9.17, 15) is 14.4 Å². The number of hydrogen-bond donors (Lipinski definition) is 0. The summed E-state index contributed by atoms with van der Waals surface area (Å²) in [6, 6.07) is 12.4. The minimum atomic E-state index is -1.04. The molecule has 0 spiro atoms. The van der Waals surface area contributed by atoms with Gasteiger partial charge >= 0.3 is 5.97 Å². The average Bonchev–Trinajstić information content (AvgIpc) is 2.85. The molecular weight excluding hydrogens is 342 g/mol. The molecule has 1 heterocycles. The Morgan fingerprint density at radius 2 is 1.72 bits per heavy atom. The summed E-state index contributed by atoms with van der Waals surface area (Å²) >= 11 is 6.00. The van der Waals surface area contributed by atoms with Crippen molar-refractivity contribution in [1.29, 1.82) is 0 Å². The van der Waals surface area contributed by atoms with Crippen LogP contribution in [0.2, 0.25) is 5.02 Å². The molecule has 2 aromatic carbocycles. The lowest BCUT2D eigenvalue weighted by molar-refractivity contribution is -0.147. The molecule has 0 saturated carbocycles. The van der Waals surface area contributed by atoms with Gasteiger partial charge in [0.05, 0.1) is 17.7 Å². The van der Waals surface area contributed by atoms with Gasteiger partial charge in [-0.25, -0.2) is 4.79 Å². The molecule has 5 nitrogen and oxygen atoms in total. The molecule has 2 amide bonds. The molecule has 0 aromatic heterocycles. The fourth-order valence-electron chi connectivity index (χ4n) is 2.90. The molecule has 6 heteroatoms. The number of fused-ring (bicyclic) bond motifs is 1. The molecule has 0 saturated heterocycles. The van der Waals surface area contributed by atoms with Crippen LogP contribution in [0.3, 0.4) is 0 Å². The van der Waals surface area contributed by atoms with Crippen molar-refractivity contribution < 1.29 is 19.1 Å². The predicted molar refractivity (Wildman–Crippen MR) is 92.5 cm³/mol. The van der Waals surface area contributed by atoms with E-state index in [2.05, 4.69) is 0 Å². The molecule has 25 heavy (non-hydrogen) atoms. The number of carbonyl (C=O) groups excluding carboxylic acids is 3. The first-order valence-electron chi connectivity index (χ1n) is 7.91. The molecule has 0 radical (unpaired) electrons. The second kappa shape index (κ2) is 7.07. The fraction of sp³-hybridized carbons (Fsp3) is 0.211. The summed E-state index contributed by atoms with van der Waals surface area (Å²) < 4.78 is 5.10. The molecule has 1 unspecified atom stereocenters. The highest BCUT2D eigenvalue weighted by molar-refractivity contribution is 6.30. The van der Waals surface area contributed by atoms with Crippen molar-refractivity contribution in [3.05, 3.63) is 70.2 Å². The summed E-state index contributed by atoms with van der Waals surface area (Å²) in [7, 11) is 0. The summed E-state index contributed by atoms with van der Waals surface area (Å²) in [6.45, 7) is 1.84. The van der Waals surface area contributed by atoms with Crippen LogP contribution in [0.15, 0.2) is 48.5 Å². The zero-order valence-corrected chi connectivity index (χ0v) is 14.3. The molecular formula is C19H16ClNO4. The van der Waals surface area contributed by atoms with Crippen LogP contribution < -0.4 is 0 Å². The third-order valence-corrected chi connectivity index (χ3v) is 4.25. The van der Waals surface area contributed by atoms with Gasteiger partial charge in [-0.05, 0) is 36.8 Å². The van der Waals surface area contributed by atoms with Crippen LogP contribution in [0, 0.1) is 0 Å². The molecule has 0 aliphatic carbocycles. The van der Waals surface area contributed by atoms with Crippen LogP contribution in [-0.4, -0.2) is 35.3 Å². The van der Waals surface area contributed by atoms with Gasteiger partial charge in [-0.15, -0.1) is 0 Å². The van der Waals surface area contributed by atoms with E-state index >= 15 is 0 Å².